The van der Waals surface area contributed by atoms with Crippen LogP contribution in [0.4, 0.5) is 10.1 Å². The van der Waals surface area contributed by atoms with Gasteiger partial charge in [0.15, 0.2) is 5.69 Å². The van der Waals surface area contributed by atoms with Crippen molar-refractivity contribution in [2.45, 2.75) is 19.4 Å². The van der Waals surface area contributed by atoms with Crippen molar-refractivity contribution in [2.24, 2.45) is 0 Å². The average Bonchev–Trinajstić information content (AvgIpc) is 3.23. The summed E-state index contributed by atoms with van der Waals surface area (Å²) in [7, 11) is 0. The maximum absolute atomic E-state index is 13.6. The van der Waals surface area contributed by atoms with Gasteiger partial charge < -0.3 is 16.0 Å². The van der Waals surface area contributed by atoms with Crippen LogP contribution in [0.3, 0.4) is 0 Å². The molecule has 8 heteroatoms. The van der Waals surface area contributed by atoms with Crippen LogP contribution in [-0.2, 0) is 6.54 Å². The Morgan fingerprint density at radius 1 is 1.29 bits per heavy atom. The summed E-state index contributed by atoms with van der Waals surface area (Å²) >= 11 is 0.882. The summed E-state index contributed by atoms with van der Waals surface area (Å²) in [6, 6.07) is 6.19. The van der Waals surface area contributed by atoms with Crippen molar-refractivity contribution in [3.8, 4) is 0 Å². The highest BCUT2D eigenvalue weighted by molar-refractivity contribution is 7.09. The first-order chi connectivity index (χ1) is 11.6. The van der Waals surface area contributed by atoms with E-state index in [9.17, 15) is 14.0 Å². The van der Waals surface area contributed by atoms with Crippen LogP contribution < -0.4 is 11.1 Å². The van der Waals surface area contributed by atoms with Gasteiger partial charge in [-0.1, -0.05) is 18.2 Å². The minimum atomic E-state index is -0.464. The molecule has 0 bridgehead atoms. The van der Waals surface area contributed by atoms with Gasteiger partial charge in [0, 0.05) is 25.2 Å². The van der Waals surface area contributed by atoms with E-state index in [0.717, 1.165) is 24.4 Å². The molecule has 0 saturated carbocycles. The second-order valence-electron chi connectivity index (χ2n) is 5.55. The Hall–Kier alpha value is -2.48. The summed E-state index contributed by atoms with van der Waals surface area (Å²) in [5, 5.41) is 2.61. The Kier molecular flexibility index (Phi) is 4.75. The number of hydrogen-bond donors (Lipinski definition) is 2. The van der Waals surface area contributed by atoms with Gasteiger partial charge in [-0.2, -0.15) is 4.37 Å². The standard InChI is InChI=1S/C16H17FN4O2S/c17-11-6-2-1-5-10(11)9-19-15(22)14-12(18)13(20-24-14)16(23)21-7-3-4-8-21/h1-2,5-6H,3-4,7-9,18H2,(H,19,22). The van der Waals surface area contributed by atoms with Gasteiger partial charge in [-0.05, 0) is 30.4 Å². The predicted molar refractivity (Wildman–Crippen MR) is 89.2 cm³/mol. The SMILES string of the molecule is Nc1c(C(=O)N2CCCC2)nsc1C(=O)NCc1ccccc1F. The Labute approximate surface area is 142 Å². The summed E-state index contributed by atoms with van der Waals surface area (Å²) in [5.41, 5.74) is 6.52. The number of carbonyl (C=O) groups is 2. The molecular weight excluding hydrogens is 331 g/mol. The van der Waals surface area contributed by atoms with E-state index in [1.54, 1.807) is 23.1 Å². The quantitative estimate of drug-likeness (QED) is 0.885. The third-order valence-electron chi connectivity index (χ3n) is 3.93. The predicted octanol–water partition coefficient (Wildman–Crippen LogP) is 2.03. The van der Waals surface area contributed by atoms with E-state index >= 15 is 0 Å². The first-order valence-corrected chi connectivity index (χ1v) is 8.41. The Morgan fingerprint density at radius 2 is 2.00 bits per heavy atom. The maximum atomic E-state index is 13.6. The maximum Gasteiger partial charge on any atom is 0.275 e. The molecule has 6 nitrogen and oxygen atoms in total. The van der Waals surface area contributed by atoms with Crippen LogP contribution in [0.25, 0.3) is 0 Å². The zero-order valence-electron chi connectivity index (χ0n) is 12.9. The lowest BCUT2D eigenvalue weighted by Crippen LogP contribution is -2.29. The van der Waals surface area contributed by atoms with E-state index in [0.29, 0.717) is 18.7 Å². The van der Waals surface area contributed by atoms with Gasteiger partial charge >= 0.3 is 0 Å². The molecule has 1 aliphatic heterocycles. The van der Waals surface area contributed by atoms with Crippen LogP contribution >= 0.6 is 11.5 Å². The van der Waals surface area contributed by atoms with Gasteiger partial charge in [0.05, 0.1) is 5.69 Å². The van der Waals surface area contributed by atoms with E-state index in [4.69, 9.17) is 5.73 Å². The monoisotopic (exact) mass is 348 g/mol. The lowest BCUT2D eigenvalue weighted by Gasteiger charge is -2.13. The zero-order chi connectivity index (χ0) is 17.1. The fourth-order valence-electron chi connectivity index (χ4n) is 2.58. The first kappa shape index (κ1) is 16.4. The van der Waals surface area contributed by atoms with Crippen molar-refractivity contribution in [1.82, 2.24) is 14.6 Å². The first-order valence-electron chi connectivity index (χ1n) is 7.64. The molecular formula is C16H17FN4O2S. The molecule has 2 amide bonds. The molecule has 3 N–H and O–H groups in total. The summed E-state index contributed by atoms with van der Waals surface area (Å²) in [6.45, 7) is 1.41. The number of rotatable bonds is 4. The summed E-state index contributed by atoms with van der Waals surface area (Å²) < 4.78 is 17.6. The number of aromatic nitrogens is 1. The van der Waals surface area contributed by atoms with E-state index in [1.807, 2.05) is 0 Å². The van der Waals surface area contributed by atoms with Crippen molar-refractivity contribution >= 4 is 29.0 Å². The van der Waals surface area contributed by atoms with E-state index < -0.39 is 5.91 Å². The molecule has 0 unspecified atom stereocenters. The Morgan fingerprint density at radius 3 is 2.71 bits per heavy atom. The largest absolute Gasteiger partial charge is 0.395 e. The molecule has 0 atom stereocenters. The molecule has 2 heterocycles. The van der Waals surface area contributed by atoms with Crippen molar-refractivity contribution in [3.63, 3.8) is 0 Å². The van der Waals surface area contributed by atoms with Gasteiger partial charge in [-0.25, -0.2) is 4.39 Å². The van der Waals surface area contributed by atoms with Crippen LogP contribution in [0.1, 0.15) is 38.6 Å². The number of amides is 2. The van der Waals surface area contributed by atoms with Crippen LogP contribution in [0.2, 0.25) is 0 Å². The highest BCUT2D eigenvalue weighted by atomic mass is 32.1. The van der Waals surface area contributed by atoms with Crippen LogP contribution in [-0.4, -0.2) is 34.2 Å². The molecule has 0 aliphatic carbocycles. The number of hydrogen-bond acceptors (Lipinski definition) is 5. The molecule has 126 valence electrons. The molecule has 1 aliphatic rings. The van der Waals surface area contributed by atoms with Gasteiger partial charge in [-0.15, -0.1) is 0 Å². The van der Waals surface area contributed by atoms with E-state index in [2.05, 4.69) is 9.69 Å². The topological polar surface area (TPSA) is 88.3 Å². The zero-order valence-corrected chi connectivity index (χ0v) is 13.7. The smallest absolute Gasteiger partial charge is 0.275 e. The molecule has 1 aromatic heterocycles. The van der Waals surface area contributed by atoms with E-state index in [-0.39, 0.29) is 34.5 Å². The number of carbonyl (C=O) groups excluding carboxylic acids is 2. The van der Waals surface area contributed by atoms with Crippen molar-refractivity contribution < 1.29 is 14.0 Å². The van der Waals surface area contributed by atoms with Gasteiger partial charge in [0.2, 0.25) is 0 Å². The lowest BCUT2D eigenvalue weighted by molar-refractivity contribution is 0.0789. The number of nitrogens with zero attached hydrogens (tertiary/aromatic N) is 2. The number of anilines is 1. The molecule has 2 aromatic rings. The van der Waals surface area contributed by atoms with Crippen molar-refractivity contribution in [3.05, 3.63) is 46.2 Å². The van der Waals surface area contributed by atoms with Crippen molar-refractivity contribution in [2.75, 3.05) is 18.8 Å². The third-order valence-corrected chi connectivity index (χ3v) is 4.79. The molecule has 1 fully saturated rings. The number of benzene rings is 1. The second-order valence-corrected chi connectivity index (χ2v) is 6.32. The summed E-state index contributed by atoms with van der Waals surface area (Å²) in [4.78, 5) is 26.4. The Bertz CT molecular complexity index is 771. The molecule has 1 saturated heterocycles. The van der Waals surface area contributed by atoms with Gasteiger partial charge in [-0.3, -0.25) is 9.59 Å². The second kappa shape index (κ2) is 6.96. The summed E-state index contributed by atoms with van der Waals surface area (Å²) in [5.74, 6) is -1.09. The molecule has 0 spiro atoms. The van der Waals surface area contributed by atoms with E-state index in [1.165, 1.54) is 6.07 Å². The third kappa shape index (κ3) is 3.23. The summed E-state index contributed by atoms with van der Waals surface area (Å²) in [6.07, 6.45) is 1.93. The lowest BCUT2D eigenvalue weighted by atomic mass is 10.2. The number of halogens is 1. The van der Waals surface area contributed by atoms with Crippen LogP contribution in [0.15, 0.2) is 24.3 Å². The van der Waals surface area contributed by atoms with Gasteiger partial charge in [0.25, 0.3) is 11.8 Å². The average molecular weight is 348 g/mol. The Balaban J connectivity index is 1.69. The van der Waals surface area contributed by atoms with Crippen LogP contribution in [0, 0.1) is 5.82 Å². The number of likely N-dealkylation sites (tertiary alicyclic amines) is 1. The number of nitrogens with one attached hydrogen (secondary N) is 1. The number of nitrogens with two attached hydrogens (primary N) is 1. The fraction of sp³-hybridized carbons (Fsp3) is 0.312. The van der Waals surface area contributed by atoms with Crippen LogP contribution in [0.5, 0.6) is 0 Å². The minimum Gasteiger partial charge on any atom is -0.395 e. The normalized spacial score (nSPS) is 14.0. The molecule has 1 aromatic carbocycles. The molecule has 0 radical (unpaired) electrons. The minimum absolute atomic E-state index is 0.0399. The highest BCUT2D eigenvalue weighted by Crippen LogP contribution is 2.24. The molecule has 24 heavy (non-hydrogen) atoms. The van der Waals surface area contributed by atoms with Gasteiger partial charge in [0.1, 0.15) is 10.7 Å². The fourth-order valence-corrected chi connectivity index (χ4v) is 3.29. The number of nitrogen functional groups attached to an aromatic ring is 1. The van der Waals surface area contributed by atoms with Crippen molar-refractivity contribution in [1.29, 1.82) is 0 Å². The highest BCUT2D eigenvalue weighted by Gasteiger charge is 2.27. The molecule has 3 rings (SSSR count).